The van der Waals surface area contributed by atoms with Crippen LogP contribution in [0.2, 0.25) is 0 Å². The Hall–Kier alpha value is 0.230. The zero-order valence-corrected chi connectivity index (χ0v) is 15.0. The van der Waals surface area contributed by atoms with Crippen LogP contribution in [0.15, 0.2) is 0 Å². The lowest BCUT2D eigenvalue weighted by molar-refractivity contribution is 0.0415. The molecule has 0 aromatic heterocycles. The van der Waals surface area contributed by atoms with Crippen molar-refractivity contribution >= 4 is 38.2 Å². The Bertz CT molecular complexity index is 242. The summed E-state index contributed by atoms with van der Waals surface area (Å²) in [5, 5.41) is 0. The van der Waals surface area contributed by atoms with E-state index in [4.69, 9.17) is 4.74 Å². The van der Waals surface area contributed by atoms with E-state index in [0.29, 0.717) is 11.4 Å². The van der Waals surface area contributed by atoms with Gasteiger partial charge in [0.25, 0.3) is 0 Å². The monoisotopic (exact) mass is 385 g/mol. The van der Waals surface area contributed by atoms with Crippen LogP contribution >= 0.6 is 32.1 Å². The van der Waals surface area contributed by atoms with Crippen molar-refractivity contribution in [3.8, 4) is 0 Å². The Kier molecular flexibility index (Phi) is 9.30. The Labute approximate surface area is 128 Å². The number of halogens is 2. The number of unbranched alkanes of at least 4 members (excludes halogenated alkanes) is 3. The summed E-state index contributed by atoms with van der Waals surface area (Å²) >= 11 is 6.85. The first-order valence-corrected chi connectivity index (χ1v) is 8.19. The number of hydrogen-bond donors (Lipinski definition) is 0. The number of hydrogen-bond acceptors (Lipinski definition) is 2. The third-order valence-corrected chi connectivity index (χ3v) is 3.65. The lowest BCUT2D eigenvalue weighted by atomic mass is 10.1. The van der Waals surface area contributed by atoms with Gasteiger partial charge in [0.05, 0.1) is 16.1 Å². The second-order valence-corrected chi connectivity index (χ2v) is 7.62. The van der Waals surface area contributed by atoms with Gasteiger partial charge in [-0.05, 0) is 27.2 Å². The van der Waals surface area contributed by atoms with Crippen molar-refractivity contribution in [2.75, 3.05) is 6.54 Å². The van der Waals surface area contributed by atoms with Crippen LogP contribution < -0.4 is 0 Å². The highest BCUT2D eigenvalue weighted by molar-refractivity contribution is 9.09. The summed E-state index contributed by atoms with van der Waals surface area (Å²) in [4.78, 5) is 12.0. The van der Waals surface area contributed by atoms with Crippen LogP contribution in [0.1, 0.15) is 59.8 Å². The molecule has 0 aromatic carbocycles. The van der Waals surface area contributed by atoms with Crippen LogP contribution in [0.5, 0.6) is 0 Å². The zero-order chi connectivity index (χ0) is 14.2. The van der Waals surface area contributed by atoms with Gasteiger partial charge < -0.3 is 4.74 Å². The number of carbonyl (C=O) groups is 1. The maximum absolute atomic E-state index is 11.7. The van der Waals surface area contributed by atoms with Crippen molar-refractivity contribution < 1.29 is 9.53 Å². The molecule has 0 rings (SSSR count). The third-order valence-electron chi connectivity index (χ3n) is 2.32. The van der Waals surface area contributed by atoms with E-state index in [1.54, 1.807) is 0 Å². The van der Waals surface area contributed by atoms with Gasteiger partial charge in [-0.1, -0.05) is 48.5 Å². The maximum atomic E-state index is 11.7. The van der Waals surface area contributed by atoms with E-state index < -0.39 is 5.60 Å². The summed E-state index contributed by atoms with van der Waals surface area (Å²) in [6, 6.07) is 0. The van der Waals surface area contributed by atoms with E-state index in [-0.39, 0.29) is 6.09 Å². The highest BCUT2D eigenvalue weighted by atomic mass is 79.9. The summed E-state index contributed by atoms with van der Waals surface area (Å²) in [5.41, 5.74) is -0.452. The molecule has 0 aliphatic heterocycles. The SMILES string of the molecule is CCCCCCC(Br)CN(Br)C(=O)OC(C)(C)C. The molecule has 0 radical (unpaired) electrons. The predicted octanol–water partition coefficient (Wildman–Crippen LogP) is 5.27. The highest BCUT2D eigenvalue weighted by Crippen LogP contribution is 2.18. The molecule has 0 bridgehead atoms. The molecule has 1 unspecified atom stereocenters. The van der Waals surface area contributed by atoms with Crippen molar-refractivity contribution in [1.29, 1.82) is 0 Å². The summed E-state index contributed by atoms with van der Waals surface area (Å²) in [5.74, 6) is 0. The van der Waals surface area contributed by atoms with Crippen molar-refractivity contribution in [1.82, 2.24) is 3.93 Å². The minimum atomic E-state index is -0.452. The second-order valence-electron chi connectivity index (χ2n) is 5.47. The van der Waals surface area contributed by atoms with Gasteiger partial charge in [-0.25, -0.2) is 8.72 Å². The number of rotatable bonds is 7. The van der Waals surface area contributed by atoms with E-state index in [9.17, 15) is 4.79 Å². The van der Waals surface area contributed by atoms with Crippen LogP contribution in [0.4, 0.5) is 4.79 Å². The molecular formula is C13H25Br2NO2. The van der Waals surface area contributed by atoms with E-state index in [1.807, 2.05) is 20.8 Å². The number of carbonyl (C=O) groups excluding carboxylic acids is 1. The molecule has 0 aliphatic carbocycles. The lowest BCUT2D eigenvalue weighted by Gasteiger charge is -2.24. The standard InChI is InChI=1S/C13H25Br2NO2/c1-5-6-7-8-9-11(14)10-16(15)12(17)18-13(2,3)4/h11H,5-10H2,1-4H3. The summed E-state index contributed by atoms with van der Waals surface area (Å²) in [7, 11) is 0. The minimum absolute atomic E-state index is 0.307. The smallest absolute Gasteiger partial charge is 0.420 e. The molecule has 0 saturated heterocycles. The summed E-state index contributed by atoms with van der Waals surface area (Å²) in [6.45, 7) is 8.40. The molecule has 5 heteroatoms. The average Bonchev–Trinajstić information content (AvgIpc) is 2.22. The lowest BCUT2D eigenvalue weighted by Crippen LogP contribution is -2.33. The van der Waals surface area contributed by atoms with Crippen LogP contribution in [-0.4, -0.2) is 27.0 Å². The molecule has 0 saturated carbocycles. The third kappa shape index (κ3) is 10.2. The Morgan fingerprint density at radius 3 is 2.39 bits per heavy atom. The first-order valence-electron chi connectivity index (χ1n) is 6.56. The summed E-state index contributed by atoms with van der Waals surface area (Å²) < 4.78 is 6.72. The largest absolute Gasteiger partial charge is 0.443 e. The summed E-state index contributed by atoms with van der Waals surface area (Å²) in [6.07, 6.45) is 5.72. The molecule has 0 aromatic rings. The van der Waals surface area contributed by atoms with Gasteiger partial charge in [0, 0.05) is 11.4 Å². The maximum Gasteiger partial charge on any atom is 0.420 e. The van der Waals surface area contributed by atoms with Gasteiger partial charge in [0.2, 0.25) is 0 Å². The van der Waals surface area contributed by atoms with Gasteiger partial charge in [0.15, 0.2) is 0 Å². The molecule has 3 nitrogen and oxygen atoms in total. The van der Waals surface area contributed by atoms with Crippen LogP contribution in [0.25, 0.3) is 0 Å². The van der Waals surface area contributed by atoms with E-state index >= 15 is 0 Å². The van der Waals surface area contributed by atoms with Gasteiger partial charge in [-0.3, -0.25) is 0 Å². The fourth-order valence-electron chi connectivity index (χ4n) is 1.44. The first-order chi connectivity index (χ1) is 8.26. The van der Waals surface area contributed by atoms with Crippen molar-refractivity contribution in [3.63, 3.8) is 0 Å². The molecule has 0 aliphatic rings. The fraction of sp³-hybridized carbons (Fsp3) is 0.923. The number of ether oxygens (including phenoxy) is 1. The van der Waals surface area contributed by atoms with Gasteiger partial charge in [0.1, 0.15) is 5.60 Å². The Morgan fingerprint density at radius 1 is 1.28 bits per heavy atom. The molecule has 0 heterocycles. The topological polar surface area (TPSA) is 29.5 Å². The average molecular weight is 387 g/mol. The molecular weight excluding hydrogens is 362 g/mol. The number of nitrogens with zero attached hydrogens (tertiary/aromatic N) is 1. The normalized spacial score (nSPS) is 13.2. The van der Waals surface area contributed by atoms with Gasteiger partial charge >= 0.3 is 6.09 Å². The first kappa shape index (κ1) is 18.2. The zero-order valence-electron chi connectivity index (χ0n) is 11.8. The number of amides is 1. The Morgan fingerprint density at radius 2 is 1.89 bits per heavy atom. The highest BCUT2D eigenvalue weighted by Gasteiger charge is 2.22. The molecule has 108 valence electrons. The van der Waals surface area contributed by atoms with Crippen molar-refractivity contribution in [3.05, 3.63) is 0 Å². The molecule has 1 atom stereocenters. The van der Waals surface area contributed by atoms with Crippen LogP contribution in [0, 0.1) is 0 Å². The quantitative estimate of drug-likeness (QED) is 0.339. The van der Waals surface area contributed by atoms with E-state index in [0.717, 1.165) is 6.42 Å². The predicted molar refractivity (Wildman–Crippen MR) is 83.3 cm³/mol. The Balaban J connectivity index is 3.85. The van der Waals surface area contributed by atoms with Crippen LogP contribution in [-0.2, 0) is 4.74 Å². The van der Waals surface area contributed by atoms with E-state index in [2.05, 4.69) is 39.0 Å². The van der Waals surface area contributed by atoms with Gasteiger partial charge in [-0.15, -0.1) is 0 Å². The number of alkyl halides is 1. The van der Waals surface area contributed by atoms with Crippen LogP contribution in [0.3, 0.4) is 0 Å². The molecule has 1 amide bonds. The molecule has 0 spiro atoms. The van der Waals surface area contributed by atoms with Gasteiger partial charge in [-0.2, -0.15) is 0 Å². The fourth-order valence-corrected chi connectivity index (χ4v) is 2.87. The second kappa shape index (κ2) is 9.18. The van der Waals surface area contributed by atoms with Crippen molar-refractivity contribution in [2.24, 2.45) is 0 Å². The molecule has 0 fully saturated rings. The van der Waals surface area contributed by atoms with Crippen molar-refractivity contribution in [2.45, 2.75) is 70.2 Å². The molecule has 18 heavy (non-hydrogen) atoms. The molecule has 0 N–H and O–H groups in total. The van der Waals surface area contributed by atoms with E-state index in [1.165, 1.54) is 29.6 Å². The minimum Gasteiger partial charge on any atom is -0.443 e.